The van der Waals surface area contributed by atoms with Crippen LogP contribution in [0.3, 0.4) is 0 Å². The number of hydrogen-bond donors (Lipinski definition) is 1. The molecule has 1 saturated carbocycles. The van der Waals surface area contributed by atoms with Gasteiger partial charge in [-0.15, -0.1) is 0 Å². The predicted molar refractivity (Wildman–Crippen MR) is 185 cm³/mol. The number of likely N-dealkylation sites (N-methyl/N-ethyl adjacent to an activating group) is 1. The fourth-order valence-electron chi connectivity index (χ4n) is 9.98. The van der Waals surface area contributed by atoms with E-state index in [1.807, 2.05) is 20.8 Å². The van der Waals surface area contributed by atoms with Crippen LogP contribution in [0.15, 0.2) is 23.8 Å². The second-order valence-electron chi connectivity index (χ2n) is 16.1. The molecule has 11 nitrogen and oxygen atoms in total. The molecule has 3 heterocycles. The second-order valence-corrected chi connectivity index (χ2v) is 16.1. The van der Waals surface area contributed by atoms with Crippen molar-refractivity contribution in [3.05, 3.63) is 23.8 Å². The van der Waals surface area contributed by atoms with Gasteiger partial charge < -0.3 is 43.2 Å². The first-order valence-corrected chi connectivity index (χ1v) is 19.1. The summed E-state index contributed by atoms with van der Waals surface area (Å²) in [7, 11) is 7.31. The van der Waals surface area contributed by atoms with E-state index in [4.69, 9.17) is 33.2 Å². The van der Waals surface area contributed by atoms with Crippen molar-refractivity contribution in [2.45, 2.75) is 147 Å². The van der Waals surface area contributed by atoms with Gasteiger partial charge in [-0.2, -0.15) is 0 Å². The Bertz CT molecular complexity index is 1260. The number of aliphatic hydroxyl groups excluding tert-OH is 1. The number of nitrogens with zero attached hydrogens (tertiary/aromatic N) is 1. The van der Waals surface area contributed by atoms with Crippen LogP contribution in [0.25, 0.3) is 0 Å². The Hall–Kier alpha value is -1.70. The van der Waals surface area contributed by atoms with E-state index < -0.39 is 24.6 Å². The largest absolute Gasteiger partial charge is 0.463 e. The molecule has 6 aliphatic rings. The molecule has 3 aliphatic carbocycles. The maximum Gasteiger partial charge on any atom is 0.306 e. The average molecular weight is 704 g/mol. The highest BCUT2D eigenvalue weighted by Gasteiger charge is 2.52. The lowest BCUT2D eigenvalue weighted by Gasteiger charge is -2.42. The summed E-state index contributed by atoms with van der Waals surface area (Å²) < 4.78 is 42.6. The molecule has 3 aliphatic heterocycles. The quantitative estimate of drug-likeness (QED) is 0.299. The van der Waals surface area contributed by atoms with Crippen molar-refractivity contribution in [2.75, 3.05) is 28.3 Å². The van der Waals surface area contributed by atoms with Gasteiger partial charge in [0.05, 0.1) is 36.9 Å². The van der Waals surface area contributed by atoms with Crippen molar-refractivity contribution in [3.8, 4) is 0 Å². The number of cyclic esters (lactones) is 1. The molecule has 4 fully saturated rings. The van der Waals surface area contributed by atoms with E-state index in [0.29, 0.717) is 12.5 Å². The van der Waals surface area contributed by atoms with E-state index in [2.05, 4.69) is 44.1 Å². The fraction of sp³-hybridized carbons (Fsp3) is 0.846. The van der Waals surface area contributed by atoms with Gasteiger partial charge in [-0.1, -0.05) is 25.2 Å². The second kappa shape index (κ2) is 16.1. The van der Waals surface area contributed by atoms with Crippen LogP contribution in [0.4, 0.5) is 0 Å². The molecule has 282 valence electrons. The molecule has 11 heteroatoms. The Balaban J connectivity index is 1.19. The minimum atomic E-state index is -0.989. The van der Waals surface area contributed by atoms with Crippen molar-refractivity contribution in [2.24, 2.45) is 35.5 Å². The Labute approximate surface area is 298 Å². The molecule has 0 unspecified atom stereocenters. The number of carbonyl (C=O) groups excluding carboxylic acids is 2. The van der Waals surface area contributed by atoms with Crippen molar-refractivity contribution < 1.29 is 47.9 Å². The summed E-state index contributed by atoms with van der Waals surface area (Å²) in [6, 6.07) is 0.333. The third-order valence-electron chi connectivity index (χ3n) is 12.7. The Kier molecular flexibility index (Phi) is 12.3. The molecule has 17 atom stereocenters. The summed E-state index contributed by atoms with van der Waals surface area (Å²) in [5.41, 5.74) is 0.736. The number of Topliss-reactive ketones (excluding diaryl/α,β-unsaturated/α-hetero) is 1. The number of aliphatic hydroxyl groups is 1. The first-order valence-electron chi connectivity index (χ1n) is 19.1. The lowest BCUT2D eigenvalue weighted by atomic mass is 9.70. The molecule has 0 aromatic heterocycles. The molecule has 0 bridgehead atoms. The zero-order chi connectivity index (χ0) is 35.9. The molecule has 0 aromatic rings. The predicted octanol–water partition coefficient (Wildman–Crippen LogP) is 4.44. The first kappa shape index (κ1) is 38.0. The molecule has 0 aromatic carbocycles. The minimum Gasteiger partial charge on any atom is -0.463 e. The summed E-state index contributed by atoms with van der Waals surface area (Å²) in [6.45, 7) is 7.94. The lowest BCUT2D eigenvalue weighted by molar-refractivity contribution is -0.310. The molecule has 0 radical (unpaired) electrons. The Morgan fingerprint density at radius 1 is 0.860 bits per heavy atom. The number of carbonyl (C=O) groups is 2. The smallest absolute Gasteiger partial charge is 0.306 e. The highest BCUT2D eigenvalue weighted by molar-refractivity contribution is 5.99. The van der Waals surface area contributed by atoms with Crippen molar-refractivity contribution >= 4 is 11.8 Å². The number of allylic oxidation sites excluding steroid dienone is 4. The third kappa shape index (κ3) is 7.81. The highest BCUT2D eigenvalue weighted by atomic mass is 16.7. The summed E-state index contributed by atoms with van der Waals surface area (Å²) in [5, 5.41) is 11.1. The normalized spacial score (nSPS) is 47.1. The molecular formula is C39H61NO10. The van der Waals surface area contributed by atoms with Gasteiger partial charge in [0.25, 0.3) is 0 Å². The van der Waals surface area contributed by atoms with E-state index in [-0.39, 0.29) is 90.5 Å². The zero-order valence-electron chi connectivity index (χ0n) is 31.3. The Morgan fingerprint density at radius 2 is 1.62 bits per heavy atom. The van der Waals surface area contributed by atoms with Gasteiger partial charge in [-0.3, -0.25) is 9.59 Å². The maximum atomic E-state index is 14.5. The maximum absolute atomic E-state index is 14.5. The molecule has 6 rings (SSSR count). The topological polar surface area (TPSA) is 122 Å². The summed E-state index contributed by atoms with van der Waals surface area (Å²) in [5.74, 6) is -0.203. The third-order valence-corrected chi connectivity index (χ3v) is 12.7. The van der Waals surface area contributed by atoms with Gasteiger partial charge in [-0.05, 0) is 109 Å². The van der Waals surface area contributed by atoms with Gasteiger partial charge in [-0.25, -0.2) is 0 Å². The van der Waals surface area contributed by atoms with Crippen LogP contribution >= 0.6 is 0 Å². The van der Waals surface area contributed by atoms with Crippen LogP contribution in [0.2, 0.25) is 0 Å². The van der Waals surface area contributed by atoms with E-state index in [1.54, 1.807) is 14.2 Å². The van der Waals surface area contributed by atoms with Crippen molar-refractivity contribution in [1.29, 1.82) is 0 Å². The highest BCUT2D eigenvalue weighted by Crippen LogP contribution is 2.54. The van der Waals surface area contributed by atoms with E-state index >= 15 is 0 Å². The van der Waals surface area contributed by atoms with Crippen molar-refractivity contribution in [3.63, 3.8) is 0 Å². The van der Waals surface area contributed by atoms with Gasteiger partial charge in [0.15, 0.2) is 18.4 Å². The lowest BCUT2D eigenvalue weighted by Crippen LogP contribution is -2.59. The summed E-state index contributed by atoms with van der Waals surface area (Å²) >= 11 is 0. The first-order chi connectivity index (χ1) is 23.9. The molecule has 0 amide bonds. The number of esters is 1. The molecule has 50 heavy (non-hydrogen) atoms. The van der Waals surface area contributed by atoms with Crippen LogP contribution in [0.1, 0.15) is 79.1 Å². The van der Waals surface area contributed by atoms with Crippen LogP contribution in [0.5, 0.6) is 0 Å². The van der Waals surface area contributed by atoms with Crippen LogP contribution in [-0.2, 0) is 42.7 Å². The minimum absolute atomic E-state index is 0.0219. The molecule has 0 spiro atoms. The monoisotopic (exact) mass is 703 g/mol. The SMILES string of the molecule is CO[C@@H]1[C@@H](OC)[C@@H](O)[C@H](O[C@H]2C[C@H]3[C@@H]4C=C5C(=O)[C@H](C)[C@@H](O[C@H]6CC[C@H](N(C)C)[C@@H](C)O6)CCC[C@H](C)OC(=O)C[C@H]5[C@@H]4C=C[C@@H]3C2)O[C@H]1C. The number of ether oxygens (including phenoxy) is 7. The standard InChI is InChI=1S/C39H61NO10/c1-20-10-9-11-32(50-34-15-14-31(40(5)6)22(3)47-34)21(2)35(42)30-18-28-26(29(30)19-33(41)46-20)13-12-24-16-25(17-27(24)28)49-39-36(43)38(45-8)37(44-7)23(4)48-39/h12-13,18,20-29,31-32,34,36-39,43H,9-11,14-17,19H2,1-8H3/t20-,21+,22+,23-,24+,25+,26+,27+,28+,29-,31-,32-,34-,36+,37-,38-,39-/m0/s1. The fourth-order valence-corrected chi connectivity index (χ4v) is 9.98. The number of fused-ring (bicyclic) bond motifs is 5. The van der Waals surface area contributed by atoms with Gasteiger partial charge in [0.1, 0.15) is 18.3 Å². The van der Waals surface area contributed by atoms with E-state index in [1.165, 1.54) is 0 Å². The van der Waals surface area contributed by atoms with Crippen LogP contribution in [0, 0.1) is 35.5 Å². The van der Waals surface area contributed by atoms with Gasteiger partial charge >= 0.3 is 5.97 Å². The zero-order valence-corrected chi connectivity index (χ0v) is 31.3. The average Bonchev–Trinajstić information content (AvgIpc) is 3.65. The molecular weight excluding hydrogens is 642 g/mol. The Morgan fingerprint density at radius 3 is 2.32 bits per heavy atom. The van der Waals surface area contributed by atoms with Crippen LogP contribution < -0.4 is 0 Å². The number of rotatable bonds is 7. The van der Waals surface area contributed by atoms with Crippen molar-refractivity contribution in [1.82, 2.24) is 4.90 Å². The summed E-state index contributed by atoms with van der Waals surface area (Å²) in [6.07, 6.45) is 8.30. The van der Waals surface area contributed by atoms with Crippen LogP contribution in [-0.4, -0.2) is 118 Å². The van der Waals surface area contributed by atoms with E-state index in [0.717, 1.165) is 44.1 Å². The molecule has 1 N–H and O–H groups in total. The van der Waals surface area contributed by atoms with Gasteiger partial charge in [0.2, 0.25) is 0 Å². The van der Waals surface area contributed by atoms with Gasteiger partial charge in [0, 0.05) is 32.1 Å². The number of hydrogen-bond acceptors (Lipinski definition) is 11. The number of methoxy groups -OCH3 is 2. The number of ketones is 1. The van der Waals surface area contributed by atoms with E-state index in [9.17, 15) is 14.7 Å². The summed E-state index contributed by atoms with van der Waals surface area (Å²) in [4.78, 5) is 30.0. The molecule has 3 saturated heterocycles.